The van der Waals surface area contributed by atoms with E-state index >= 15 is 0 Å². The third-order valence-electron chi connectivity index (χ3n) is 3.60. The summed E-state index contributed by atoms with van der Waals surface area (Å²) in [5.74, 6) is -0.418. The van der Waals surface area contributed by atoms with Gasteiger partial charge in [0.05, 0.1) is 26.7 Å². The third-order valence-corrected chi connectivity index (χ3v) is 6.19. The molecule has 3 aromatic rings. The van der Waals surface area contributed by atoms with E-state index in [0.29, 0.717) is 11.6 Å². The summed E-state index contributed by atoms with van der Waals surface area (Å²) in [6.07, 6.45) is 0. The number of aryl methyl sites for hydroxylation is 1. The third kappa shape index (κ3) is 4.59. The van der Waals surface area contributed by atoms with Gasteiger partial charge >= 0.3 is 0 Å². The maximum absolute atomic E-state index is 12.4. The fourth-order valence-corrected chi connectivity index (χ4v) is 4.37. The molecule has 0 bridgehead atoms. The number of sulfonamides is 1. The summed E-state index contributed by atoms with van der Waals surface area (Å²) in [4.78, 5) is 16.3. The number of nitrogens with one attached hydrogen (secondary N) is 2. The second kappa shape index (κ2) is 7.71. The van der Waals surface area contributed by atoms with Crippen molar-refractivity contribution in [3.05, 3.63) is 58.1 Å². The predicted molar refractivity (Wildman–Crippen MR) is 103 cm³/mol. The molecule has 1 amide bonds. The minimum atomic E-state index is -3.78. The molecule has 0 aliphatic rings. The van der Waals surface area contributed by atoms with Crippen LogP contribution in [0.15, 0.2) is 47.4 Å². The quantitative estimate of drug-likeness (QED) is 0.655. The summed E-state index contributed by atoms with van der Waals surface area (Å²) in [5, 5.41) is 4.14. The molecule has 9 heteroatoms. The van der Waals surface area contributed by atoms with Crippen molar-refractivity contribution in [2.45, 2.75) is 18.4 Å². The molecule has 0 saturated heterocycles. The van der Waals surface area contributed by atoms with E-state index in [1.165, 1.54) is 17.4 Å². The van der Waals surface area contributed by atoms with Crippen molar-refractivity contribution >= 4 is 49.1 Å². The molecular formula is C17H16ClN3O3S2. The number of halogens is 1. The van der Waals surface area contributed by atoms with Crippen LogP contribution < -0.4 is 10.0 Å². The van der Waals surface area contributed by atoms with Gasteiger partial charge < -0.3 is 5.32 Å². The number of amides is 1. The fraction of sp³-hybridized carbons (Fsp3) is 0.176. The molecule has 6 nitrogen and oxygen atoms in total. The second-order valence-corrected chi connectivity index (χ2v) is 9.03. The Morgan fingerprint density at radius 1 is 1.19 bits per heavy atom. The molecule has 0 spiro atoms. The zero-order valence-corrected chi connectivity index (χ0v) is 16.2. The van der Waals surface area contributed by atoms with Crippen LogP contribution in [0.2, 0.25) is 5.02 Å². The summed E-state index contributed by atoms with van der Waals surface area (Å²) in [6, 6.07) is 11.7. The van der Waals surface area contributed by atoms with Crippen molar-refractivity contribution in [3.63, 3.8) is 0 Å². The van der Waals surface area contributed by atoms with E-state index in [1.54, 1.807) is 36.4 Å². The lowest BCUT2D eigenvalue weighted by atomic mass is 10.2. The van der Waals surface area contributed by atoms with Gasteiger partial charge in [0, 0.05) is 11.6 Å². The van der Waals surface area contributed by atoms with Gasteiger partial charge in [0.1, 0.15) is 0 Å². The van der Waals surface area contributed by atoms with Gasteiger partial charge in [-0.3, -0.25) is 4.79 Å². The van der Waals surface area contributed by atoms with E-state index < -0.39 is 15.9 Å². The van der Waals surface area contributed by atoms with Gasteiger partial charge in [-0.15, -0.1) is 11.3 Å². The van der Waals surface area contributed by atoms with Gasteiger partial charge in [-0.2, -0.15) is 0 Å². The Morgan fingerprint density at radius 2 is 1.92 bits per heavy atom. The highest BCUT2D eigenvalue weighted by molar-refractivity contribution is 7.89. The van der Waals surface area contributed by atoms with E-state index in [0.717, 1.165) is 20.8 Å². The number of aromatic nitrogens is 1. The smallest absolute Gasteiger partial charge is 0.241 e. The molecule has 0 fully saturated rings. The normalized spacial score (nSPS) is 11.6. The monoisotopic (exact) mass is 409 g/mol. The number of carbonyl (C=O) groups is 1. The standard InChI is InChI=1S/C17H16ClN3O3S2/c1-11-21-15-7-6-14(8-16(15)25-11)26(23,24)20-10-17(22)19-9-12-2-4-13(18)5-3-12/h2-8,20H,9-10H2,1H3,(H,19,22). The lowest BCUT2D eigenvalue weighted by molar-refractivity contribution is -0.120. The number of hydrogen-bond acceptors (Lipinski definition) is 5. The molecule has 0 saturated carbocycles. The molecule has 3 rings (SSSR count). The number of thiazole rings is 1. The number of nitrogens with zero attached hydrogens (tertiary/aromatic N) is 1. The van der Waals surface area contributed by atoms with E-state index in [9.17, 15) is 13.2 Å². The highest BCUT2D eigenvalue weighted by atomic mass is 35.5. The first-order valence-corrected chi connectivity index (χ1v) is 10.4. The van der Waals surface area contributed by atoms with E-state index in [2.05, 4.69) is 15.0 Å². The first-order chi connectivity index (χ1) is 12.3. The number of benzene rings is 2. The Morgan fingerprint density at radius 3 is 2.65 bits per heavy atom. The van der Waals surface area contributed by atoms with Gasteiger partial charge in [-0.25, -0.2) is 18.1 Å². The van der Waals surface area contributed by atoms with Crippen LogP contribution in [0.5, 0.6) is 0 Å². The summed E-state index contributed by atoms with van der Waals surface area (Å²) in [7, 11) is -3.78. The first-order valence-electron chi connectivity index (χ1n) is 7.71. The summed E-state index contributed by atoms with van der Waals surface area (Å²) >= 11 is 7.22. The summed E-state index contributed by atoms with van der Waals surface area (Å²) in [5.41, 5.74) is 1.63. The van der Waals surface area contributed by atoms with Gasteiger partial charge in [-0.1, -0.05) is 23.7 Å². The lowest BCUT2D eigenvalue weighted by Crippen LogP contribution is -2.36. The van der Waals surface area contributed by atoms with Crippen LogP contribution in [0, 0.1) is 6.92 Å². The Hall–Kier alpha value is -2.00. The molecule has 0 aliphatic carbocycles. The van der Waals surface area contributed by atoms with Gasteiger partial charge in [0.15, 0.2) is 0 Å². The molecule has 2 aromatic carbocycles. The van der Waals surface area contributed by atoms with Crippen LogP contribution in [-0.2, 0) is 21.4 Å². The molecule has 0 radical (unpaired) electrons. The SMILES string of the molecule is Cc1nc2ccc(S(=O)(=O)NCC(=O)NCc3ccc(Cl)cc3)cc2s1. The van der Waals surface area contributed by atoms with E-state index in [4.69, 9.17) is 11.6 Å². The Balaban J connectivity index is 1.59. The maximum atomic E-state index is 12.4. The van der Waals surface area contributed by atoms with Crippen molar-refractivity contribution in [2.24, 2.45) is 0 Å². The van der Waals surface area contributed by atoms with Crippen LogP contribution in [0.1, 0.15) is 10.6 Å². The lowest BCUT2D eigenvalue weighted by Gasteiger charge is -2.08. The zero-order valence-electron chi connectivity index (χ0n) is 13.8. The van der Waals surface area contributed by atoms with Crippen LogP contribution in [-0.4, -0.2) is 25.9 Å². The average molecular weight is 410 g/mol. The van der Waals surface area contributed by atoms with Gasteiger partial charge in [0.25, 0.3) is 0 Å². The maximum Gasteiger partial charge on any atom is 0.241 e. The van der Waals surface area contributed by atoms with Crippen molar-refractivity contribution in [1.29, 1.82) is 0 Å². The first kappa shape index (κ1) is 18.8. The molecular weight excluding hydrogens is 394 g/mol. The predicted octanol–water partition coefficient (Wildman–Crippen LogP) is 2.85. The minimum Gasteiger partial charge on any atom is -0.351 e. The number of rotatable bonds is 6. The molecule has 2 N–H and O–H groups in total. The topological polar surface area (TPSA) is 88.2 Å². The molecule has 26 heavy (non-hydrogen) atoms. The van der Waals surface area contributed by atoms with Crippen LogP contribution in [0.3, 0.4) is 0 Å². The van der Waals surface area contributed by atoms with Crippen molar-refractivity contribution in [2.75, 3.05) is 6.54 Å². The molecule has 0 unspecified atom stereocenters. The average Bonchev–Trinajstić information content (AvgIpc) is 2.98. The molecule has 0 aliphatic heterocycles. The fourth-order valence-electron chi connectivity index (χ4n) is 2.30. The summed E-state index contributed by atoms with van der Waals surface area (Å²) < 4.78 is 27.9. The van der Waals surface area contributed by atoms with Crippen molar-refractivity contribution in [3.8, 4) is 0 Å². The number of hydrogen-bond donors (Lipinski definition) is 2. The highest BCUT2D eigenvalue weighted by Crippen LogP contribution is 2.24. The van der Waals surface area contributed by atoms with Gasteiger partial charge in [-0.05, 0) is 42.8 Å². The van der Waals surface area contributed by atoms with Crippen molar-refractivity contribution in [1.82, 2.24) is 15.0 Å². The van der Waals surface area contributed by atoms with Crippen LogP contribution in [0.4, 0.5) is 0 Å². The minimum absolute atomic E-state index is 0.110. The molecule has 1 heterocycles. The van der Waals surface area contributed by atoms with Crippen LogP contribution in [0.25, 0.3) is 10.2 Å². The number of fused-ring (bicyclic) bond motifs is 1. The van der Waals surface area contributed by atoms with Crippen LogP contribution >= 0.6 is 22.9 Å². The Kier molecular flexibility index (Phi) is 5.57. The largest absolute Gasteiger partial charge is 0.351 e. The van der Waals surface area contributed by atoms with E-state index in [-0.39, 0.29) is 11.4 Å². The summed E-state index contributed by atoms with van der Waals surface area (Å²) in [6.45, 7) is 1.82. The van der Waals surface area contributed by atoms with E-state index in [1.807, 2.05) is 6.92 Å². The molecule has 136 valence electrons. The Labute approximate surface area is 160 Å². The second-order valence-electron chi connectivity index (χ2n) is 5.59. The van der Waals surface area contributed by atoms with Crippen molar-refractivity contribution < 1.29 is 13.2 Å². The highest BCUT2D eigenvalue weighted by Gasteiger charge is 2.16. The molecule has 0 atom stereocenters. The number of carbonyl (C=O) groups excluding carboxylic acids is 1. The Bertz CT molecular complexity index is 1050. The zero-order chi connectivity index (χ0) is 18.7. The molecule has 1 aromatic heterocycles. The van der Waals surface area contributed by atoms with Gasteiger partial charge in [0.2, 0.25) is 15.9 Å².